The van der Waals surface area contributed by atoms with Gasteiger partial charge in [-0.05, 0) is 17.7 Å². The topological polar surface area (TPSA) is 56.0 Å². The Morgan fingerprint density at radius 2 is 1.58 bits per heavy atom. The second-order valence-electron chi connectivity index (χ2n) is 5.72. The number of carbonyl (C=O) groups is 1. The third-order valence-electron chi connectivity index (χ3n) is 4.03. The minimum absolute atomic E-state index is 0.390. The first-order chi connectivity index (χ1) is 12.7. The lowest BCUT2D eigenvalue weighted by molar-refractivity contribution is 0.112. The fraction of sp³-hybridized carbons (Fsp3) is 0. The summed E-state index contributed by atoms with van der Waals surface area (Å²) in [6, 6.07) is 22.6. The van der Waals surface area contributed by atoms with Crippen LogP contribution in [0.5, 0.6) is 0 Å². The molecule has 4 rings (SSSR count). The van der Waals surface area contributed by atoms with Gasteiger partial charge in [0.15, 0.2) is 0 Å². The highest BCUT2D eigenvalue weighted by Gasteiger charge is 2.13. The van der Waals surface area contributed by atoms with Crippen LogP contribution in [0.25, 0.3) is 34.0 Å². The number of hydrogen-bond acceptors (Lipinski definition) is 4. The van der Waals surface area contributed by atoms with Crippen LogP contribution in [-0.2, 0) is 0 Å². The van der Waals surface area contributed by atoms with Crippen LogP contribution in [0, 0.1) is 0 Å². The molecule has 0 radical (unpaired) electrons. The van der Waals surface area contributed by atoms with E-state index in [1.54, 1.807) is 24.3 Å². The van der Waals surface area contributed by atoms with Crippen molar-refractivity contribution in [3.05, 3.63) is 83.4 Å². The average Bonchev–Trinajstić information content (AvgIpc) is 3.19. The molecule has 1 aromatic heterocycles. The summed E-state index contributed by atoms with van der Waals surface area (Å²) < 4.78 is 5.37. The van der Waals surface area contributed by atoms with Crippen molar-refractivity contribution >= 4 is 17.9 Å². The molecule has 0 aliphatic heterocycles. The summed E-state index contributed by atoms with van der Waals surface area (Å²) >= 11 is 6.45. The normalized spacial score (nSPS) is 10.7. The number of aromatic nitrogens is 2. The zero-order valence-corrected chi connectivity index (χ0v) is 14.4. The van der Waals surface area contributed by atoms with Crippen LogP contribution in [0.3, 0.4) is 0 Å². The van der Waals surface area contributed by atoms with Crippen molar-refractivity contribution in [3.63, 3.8) is 0 Å². The summed E-state index contributed by atoms with van der Waals surface area (Å²) in [6.07, 6.45) is 0.793. The van der Waals surface area contributed by atoms with Crippen molar-refractivity contribution in [3.8, 4) is 34.0 Å². The average molecular weight is 361 g/mol. The van der Waals surface area contributed by atoms with Gasteiger partial charge in [-0.1, -0.05) is 77.4 Å². The molecule has 0 amide bonds. The molecular formula is C21H13ClN2O2. The van der Waals surface area contributed by atoms with Crippen LogP contribution in [-0.4, -0.2) is 16.4 Å². The van der Waals surface area contributed by atoms with Crippen molar-refractivity contribution in [1.82, 2.24) is 10.1 Å². The first-order valence-corrected chi connectivity index (χ1v) is 8.37. The van der Waals surface area contributed by atoms with E-state index in [2.05, 4.69) is 10.1 Å². The predicted octanol–water partition coefficient (Wildman–Crippen LogP) is 5.54. The summed E-state index contributed by atoms with van der Waals surface area (Å²) in [7, 11) is 0. The number of rotatable bonds is 4. The van der Waals surface area contributed by atoms with E-state index >= 15 is 0 Å². The largest absolute Gasteiger partial charge is 0.334 e. The van der Waals surface area contributed by atoms with Gasteiger partial charge in [-0.2, -0.15) is 4.98 Å². The quantitative estimate of drug-likeness (QED) is 0.448. The molecule has 5 heteroatoms. The maximum Gasteiger partial charge on any atom is 0.258 e. The zero-order chi connectivity index (χ0) is 17.9. The molecule has 0 bridgehead atoms. The Kier molecular flexibility index (Phi) is 4.33. The third kappa shape index (κ3) is 3.15. The van der Waals surface area contributed by atoms with Gasteiger partial charge in [0.25, 0.3) is 5.89 Å². The van der Waals surface area contributed by atoms with E-state index in [-0.39, 0.29) is 0 Å². The molecule has 0 aliphatic carbocycles. The molecule has 26 heavy (non-hydrogen) atoms. The maximum atomic E-state index is 10.7. The Morgan fingerprint density at radius 1 is 0.846 bits per heavy atom. The Hall–Kier alpha value is -3.24. The summed E-state index contributed by atoms with van der Waals surface area (Å²) in [5, 5.41) is 4.63. The first kappa shape index (κ1) is 16.2. The number of halogens is 1. The van der Waals surface area contributed by atoms with E-state index < -0.39 is 0 Å². The van der Waals surface area contributed by atoms with Crippen molar-refractivity contribution < 1.29 is 9.32 Å². The van der Waals surface area contributed by atoms with E-state index in [9.17, 15) is 4.79 Å². The molecule has 4 aromatic rings. The Balaban J connectivity index is 1.65. The Bertz CT molecular complexity index is 1060. The van der Waals surface area contributed by atoms with Crippen molar-refractivity contribution in [2.24, 2.45) is 0 Å². The zero-order valence-electron chi connectivity index (χ0n) is 13.6. The molecule has 126 valence electrons. The molecule has 0 spiro atoms. The van der Waals surface area contributed by atoms with Gasteiger partial charge in [-0.25, -0.2) is 0 Å². The smallest absolute Gasteiger partial charge is 0.258 e. The summed E-state index contributed by atoms with van der Waals surface area (Å²) in [5.41, 5.74) is 4.11. The molecule has 0 aliphatic rings. The van der Waals surface area contributed by atoms with Gasteiger partial charge in [0.1, 0.15) is 6.29 Å². The minimum atomic E-state index is 0.390. The Labute approximate surface area is 155 Å². The number of benzene rings is 3. The summed E-state index contributed by atoms with van der Waals surface area (Å²) in [6.45, 7) is 0. The molecule has 0 unspecified atom stereocenters. The summed E-state index contributed by atoms with van der Waals surface area (Å²) in [5.74, 6) is 0.849. The van der Waals surface area contributed by atoms with E-state index in [1.165, 1.54) is 0 Å². The van der Waals surface area contributed by atoms with Gasteiger partial charge < -0.3 is 4.52 Å². The molecular weight excluding hydrogens is 348 g/mol. The van der Waals surface area contributed by atoms with Gasteiger partial charge in [0.05, 0.1) is 0 Å². The molecule has 3 aromatic carbocycles. The fourth-order valence-corrected chi connectivity index (χ4v) is 2.96. The molecule has 4 nitrogen and oxygen atoms in total. The van der Waals surface area contributed by atoms with Crippen LogP contribution in [0.4, 0.5) is 0 Å². The molecule has 0 fully saturated rings. The lowest BCUT2D eigenvalue weighted by Crippen LogP contribution is -1.84. The van der Waals surface area contributed by atoms with Crippen molar-refractivity contribution in [1.29, 1.82) is 0 Å². The van der Waals surface area contributed by atoms with Gasteiger partial charge in [0, 0.05) is 27.3 Å². The van der Waals surface area contributed by atoms with Gasteiger partial charge in [-0.15, -0.1) is 0 Å². The molecule has 0 atom stereocenters. The van der Waals surface area contributed by atoms with Crippen molar-refractivity contribution in [2.45, 2.75) is 0 Å². The number of aldehydes is 1. The SMILES string of the molecule is O=Cc1ccc(-c2noc(-c3ccc(-c4ccccc4)c(Cl)c3)n2)cc1. The maximum absolute atomic E-state index is 10.7. The van der Waals surface area contributed by atoms with Gasteiger partial charge in [0.2, 0.25) is 5.82 Å². The lowest BCUT2D eigenvalue weighted by atomic mass is 10.0. The van der Waals surface area contributed by atoms with Crippen LogP contribution in [0.2, 0.25) is 5.02 Å². The minimum Gasteiger partial charge on any atom is -0.334 e. The van der Waals surface area contributed by atoms with Crippen molar-refractivity contribution in [2.75, 3.05) is 0 Å². The predicted molar refractivity (Wildman–Crippen MR) is 101 cm³/mol. The van der Waals surface area contributed by atoms with E-state index in [4.69, 9.17) is 16.1 Å². The number of nitrogens with zero attached hydrogens (tertiary/aromatic N) is 2. The number of hydrogen-bond donors (Lipinski definition) is 0. The molecule has 0 saturated carbocycles. The third-order valence-corrected chi connectivity index (χ3v) is 4.34. The molecule has 1 heterocycles. The standard InChI is InChI=1S/C21H13ClN2O2/c22-19-12-17(10-11-18(19)15-4-2-1-3-5-15)21-23-20(24-26-21)16-8-6-14(13-25)7-9-16/h1-13H. The molecule has 0 saturated heterocycles. The van der Waals surface area contributed by atoms with Crippen LogP contribution >= 0.6 is 11.6 Å². The first-order valence-electron chi connectivity index (χ1n) is 7.99. The van der Waals surface area contributed by atoms with Gasteiger partial charge in [-0.3, -0.25) is 4.79 Å². The molecule has 0 N–H and O–H groups in total. The Morgan fingerprint density at radius 3 is 2.27 bits per heavy atom. The van der Waals surface area contributed by atoms with E-state index in [0.717, 1.165) is 28.5 Å². The lowest BCUT2D eigenvalue weighted by Gasteiger charge is -2.05. The highest BCUT2D eigenvalue weighted by Crippen LogP contribution is 2.32. The second kappa shape index (κ2) is 6.94. The van der Waals surface area contributed by atoms with E-state index in [1.807, 2.05) is 48.5 Å². The second-order valence-corrected chi connectivity index (χ2v) is 6.13. The van der Waals surface area contributed by atoms with Crippen LogP contribution in [0.15, 0.2) is 77.3 Å². The number of carbonyl (C=O) groups excluding carboxylic acids is 1. The van der Waals surface area contributed by atoms with Gasteiger partial charge >= 0.3 is 0 Å². The van der Waals surface area contributed by atoms with E-state index in [0.29, 0.717) is 22.3 Å². The monoisotopic (exact) mass is 360 g/mol. The highest BCUT2D eigenvalue weighted by atomic mass is 35.5. The highest BCUT2D eigenvalue weighted by molar-refractivity contribution is 6.33. The fourth-order valence-electron chi connectivity index (χ4n) is 2.67. The van der Waals surface area contributed by atoms with Crippen LogP contribution < -0.4 is 0 Å². The van der Waals surface area contributed by atoms with Crippen LogP contribution in [0.1, 0.15) is 10.4 Å². The summed E-state index contributed by atoms with van der Waals surface area (Å²) in [4.78, 5) is 15.2.